The van der Waals surface area contributed by atoms with Crippen LogP contribution in [0.15, 0.2) is 60.9 Å². The molecule has 31 heavy (non-hydrogen) atoms. The number of hydrogen-bond acceptors (Lipinski definition) is 5. The Hall–Kier alpha value is -3.32. The summed E-state index contributed by atoms with van der Waals surface area (Å²) < 4.78 is 18.6. The Kier molecular flexibility index (Phi) is 8.48. The van der Waals surface area contributed by atoms with Gasteiger partial charge in [0.15, 0.2) is 0 Å². The Morgan fingerprint density at radius 2 is 2.00 bits per heavy atom. The number of hydrogen-bond donors (Lipinski definition) is 1. The molecule has 0 spiro atoms. The number of rotatable bonds is 12. The molecule has 0 aliphatic heterocycles. The lowest BCUT2D eigenvalue weighted by molar-refractivity contribution is -0.107. The fourth-order valence-corrected chi connectivity index (χ4v) is 3.28. The van der Waals surface area contributed by atoms with Crippen molar-refractivity contribution < 1.29 is 13.9 Å². The molecule has 7 heteroatoms. The Balaban J connectivity index is 1.77. The minimum absolute atomic E-state index is 0.250. The SMILES string of the molecule is COCCCc1ccc(N(C=O)Cc2cccnc2)c(NCCc2cccc(F)c2)n1. The zero-order valence-electron chi connectivity index (χ0n) is 17.6. The molecule has 3 aromatic rings. The van der Waals surface area contributed by atoms with Crippen LogP contribution in [-0.2, 0) is 28.9 Å². The van der Waals surface area contributed by atoms with Crippen molar-refractivity contribution in [3.63, 3.8) is 0 Å². The molecule has 1 N–H and O–H groups in total. The van der Waals surface area contributed by atoms with Gasteiger partial charge < -0.3 is 15.0 Å². The number of amides is 1. The highest BCUT2D eigenvalue weighted by atomic mass is 19.1. The fraction of sp³-hybridized carbons (Fsp3) is 0.292. The van der Waals surface area contributed by atoms with E-state index in [4.69, 9.17) is 9.72 Å². The first-order valence-electron chi connectivity index (χ1n) is 10.3. The standard InChI is InChI=1S/C24H27FN4O2/c1-31-14-4-8-22-9-10-23(29(18-30)17-20-6-3-12-26-16-20)24(28-22)27-13-11-19-5-2-7-21(25)15-19/h2-3,5-7,9-10,12,15-16,18H,4,8,11,13-14,17H2,1H3,(H,27,28). The molecule has 1 aromatic carbocycles. The van der Waals surface area contributed by atoms with E-state index < -0.39 is 0 Å². The van der Waals surface area contributed by atoms with Crippen LogP contribution in [0.1, 0.15) is 23.2 Å². The van der Waals surface area contributed by atoms with Gasteiger partial charge in [0.2, 0.25) is 6.41 Å². The molecular weight excluding hydrogens is 395 g/mol. The Labute approximate surface area is 182 Å². The smallest absolute Gasteiger partial charge is 0.214 e. The van der Waals surface area contributed by atoms with Crippen LogP contribution in [0.25, 0.3) is 0 Å². The van der Waals surface area contributed by atoms with Crippen molar-refractivity contribution >= 4 is 17.9 Å². The summed E-state index contributed by atoms with van der Waals surface area (Å²) in [6, 6.07) is 14.2. The first kappa shape index (κ1) is 22.4. The van der Waals surface area contributed by atoms with Crippen molar-refractivity contribution in [3.8, 4) is 0 Å². The second-order valence-corrected chi connectivity index (χ2v) is 7.17. The van der Waals surface area contributed by atoms with Crippen molar-refractivity contribution in [2.24, 2.45) is 0 Å². The quantitative estimate of drug-likeness (QED) is 0.353. The number of nitrogens with one attached hydrogen (secondary N) is 1. The monoisotopic (exact) mass is 422 g/mol. The van der Waals surface area contributed by atoms with Gasteiger partial charge in [-0.25, -0.2) is 9.37 Å². The summed E-state index contributed by atoms with van der Waals surface area (Å²) in [4.78, 5) is 22.4. The van der Waals surface area contributed by atoms with Crippen LogP contribution in [0.2, 0.25) is 0 Å². The van der Waals surface area contributed by atoms with Crippen LogP contribution < -0.4 is 10.2 Å². The molecule has 3 rings (SSSR count). The van der Waals surface area contributed by atoms with E-state index in [1.807, 2.05) is 30.3 Å². The van der Waals surface area contributed by atoms with Crippen molar-refractivity contribution in [2.75, 3.05) is 30.5 Å². The molecule has 0 atom stereocenters. The molecular formula is C24H27FN4O2. The molecule has 0 aliphatic rings. The third kappa shape index (κ3) is 6.86. The molecule has 0 radical (unpaired) electrons. The lowest BCUT2D eigenvalue weighted by atomic mass is 10.1. The molecule has 0 unspecified atom stereocenters. The van der Waals surface area contributed by atoms with Gasteiger partial charge in [0, 0.05) is 38.3 Å². The van der Waals surface area contributed by atoms with Crippen molar-refractivity contribution in [1.82, 2.24) is 9.97 Å². The number of pyridine rings is 2. The van der Waals surface area contributed by atoms with Gasteiger partial charge in [-0.2, -0.15) is 0 Å². The summed E-state index contributed by atoms with van der Waals surface area (Å²) in [6.45, 7) is 1.61. The highest BCUT2D eigenvalue weighted by Gasteiger charge is 2.14. The zero-order chi connectivity index (χ0) is 21.9. The maximum atomic E-state index is 13.4. The van der Waals surface area contributed by atoms with Crippen LogP contribution in [-0.4, -0.2) is 36.6 Å². The van der Waals surface area contributed by atoms with E-state index >= 15 is 0 Å². The van der Waals surface area contributed by atoms with E-state index in [-0.39, 0.29) is 5.82 Å². The minimum atomic E-state index is -0.250. The number of aromatic nitrogens is 2. The van der Waals surface area contributed by atoms with Gasteiger partial charge in [-0.15, -0.1) is 0 Å². The maximum Gasteiger partial charge on any atom is 0.214 e. The first-order valence-corrected chi connectivity index (χ1v) is 10.3. The predicted molar refractivity (Wildman–Crippen MR) is 120 cm³/mol. The van der Waals surface area contributed by atoms with Crippen LogP contribution in [0.5, 0.6) is 0 Å². The van der Waals surface area contributed by atoms with Gasteiger partial charge in [-0.3, -0.25) is 9.78 Å². The van der Waals surface area contributed by atoms with Crippen LogP contribution in [0, 0.1) is 5.82 Å². The molecule has 0 aliphatic carbocycles. The third-order valence-electron chi connectivity index (χ3n) is 4.82. The second-order valence-electron chi connectivity index (χ2n) is 7.17. The van der Waals surface area contributed by atoms with Gasteiger partial charge in [0.1, 0.15) is 11.6 Å². The Morgan fingerprint density at radius 3 is 2.74 bits per heavy atom. The molecule has 0 fully saturated rings. The summed E-state index contributed by atoms with van der Waals surface area (Å²) in [5, 5.41) is 3.33. The number of halogens is 1. The van der Waals surface area contributed by atoms with Crippen LogP contribution in [0.4, 0.5) is 15.9 Å². The van der Waals surface area contributed by atoms with Gasteiger partial charge in [0.25, 0.3) is 0 Å². The highest BCUT2D eigenvalue weighted by molar-refractivity contribution is 5.81. The van der Waals surface area contributed by atoms with Crippen molar-refractivity contribution in [3.05, 3.63) is 83.6 Å². The fourth-order valence-electron chi connectivity index (χ4n) is 3.28. The average Bonchev–Trinajstić information content (AvgIpc) is 2.79. The zero-order valence-corrected chi connectivity index (χ0v) is 17.6. The maximum absolute atomic E-state index is 13.4. The summed E-state index contributed by atoms with van der Waals surface area (Å²) in [7, 11) is 1.68. The van der Waals surface area contributed by atoms with Crippen molar-refractivity contribution in [2.45, 2.75) is 25.8 Å². The summed E-state index contributed by atoms with van der Waals surface area (Å²) >= 11 is 0. The normalized spacial score (nSPS) is 10.6. The number of carbonyl (C=O) groups is 1. The van der Waals surface area contributed by atoms with E-state index in [2.05, 4.69) is 10.3 Å². The summed E-state index contributed by atoms with van der Waals surface area (Å²) in [5.74, 6) is 0.377. The lowest BCUT2D eigenvalue weighted by Crippen LogP contribution is -2.23. The summed E-state index contributed by atoms with van der Waals surface area (Å²) in [6.07, 6.45) is 6.50. The molecule has 2 heterocycles. The molecule has 0 bridgehead atoms. The largest absolute Gasteiger partial charge is 0.385 e. The minimum Gasteiger partial charge on any atom is -0.385 e. The third-order valence-corrected chi connectivity index (χ3v) is 4.82. The van der Waals surface area contributed by atoms with E-state index in [0.29, 0.717) is 37.6 Å². The molecule has 0 saturated heterocycles. The first-order chi connectivity index (χ1) is 15.2. The van der Waals surface area contributed by atoms with Crippen LogP contribution >= 0.6 is 0 Å². The lowest BCUT2D eigenvalue weighted by Gasteiger charge is -2.21. The van der Waals surface area contributed by atoms with Gasteiger partial charge in [0.05, 0.1) is 12.2 Å². The predicted octanol–water partition coefficient (Wildman–Crippen LogP) is 4.01. The van der Waals surface area contributed by atoms with Gasteiger partial charge >= 0.3 is 0 Å². The number of ether oxygens (including phenoxy) is 1. The topological polar surface area (TPSA) is 67.3 Å². The second kappa shape index (κ2) is 11.8. The number of aryl methyl sites for hydroxylation is 1. The molecule has 2 aromatic heterocycles. The van der Waals surface area contributed by atoms with Crippen LogP contribution in [0.3, 0.4) is 0 Å². The number of methoxy groups -OCH3 is 1. The number of anilines is 2. The number of carbonyl (C=O) groups excluding carboxylic acids is 1. The summed E-state index contributed by atoms with van der Waals surface area (Å²) in [5.41, 5.74) is 3.42. The van der Waals surface area contributed by atoms with Gasteiger partial charge in [-0.05, 0) is 60.7 Å². The van der Waals surface area contributed by atoms with E-state index in [1.165, 1.54) is 12.1 Å². The Morgan fingerprint density at radius 1 is 1.13 bits per heavy atom. The van der Waals surface area contributed by atoms with E-state index in [1.54, 1.807) is 30.5 Å². The van der Waals surface area contributed by atoms with Crippen molar-refractivity contribution in [1.29, 1.82) is 0 Å². The molecule has 6 nitrogen and oxygen atoms in total. The van der Waals surface area contributed by atoms with Gasteiger partial charge in [-0.1, -0.05) is 18.2 Å². The Bertz CT molecular complexity index is 969. The number of benzene rings is 1. The molecule has 0 saturated carbocycles. The number of nitrogens with zero attached hydrogens (tertiary/aromatic N) is 3. The highest BCUT2D eigenvalue weighted by Crippen LogP contribution is 2.25. The average molecular weight is 423 g/mol. The molecule has 162 valence electrons. The van der Waals surface area contributed by atoms with E-state index in [9.17, 15) is 9.18 Å². The molecule has 1 amide bonds. The van der Waals surface area contributed by atoms with E-state index in [0.717, 1.165) is 36.1 Å².